The van der Waals surface area contributed by atoms with Gasteiger partial charge in [0, 0.05) is 31.6 Å². The lowest BCUT2D eigenvalue weighted by Gasteiger charge is -2.29. The molecule has 2 saturated carbocycles. The molecule has 3 nitrogen and oxygen atoms in total. The third-order valence-electron chi connectivity index (χ3n) is 4.55. The van der Waals surface area contributed by atoms with Gasteiger partial charge >= 0.3 is 0 Å². The first-order chi connectivity index (χ1) is 7.65. The van der Waals surface area contributed by atoms with Crippen molar-refractivity contribution in [1.82, 2.24) is 0 Å². The number of hydrogen-bond donors (Lipinski definition) is 1. The first kappa shape index (κ1) is 12.1. The van der Waals surface area contributed by atoms with E-state index in [-0.39, 0.29) is 17.9 Å². The number of Topliss-reactive ketones (excluding diaryl/α,β-unsaturated/α-hetero) is 1. The first-order valence-electron chi connectivity index (χ1n) is 6.43. The van der Waals surface area contributed by atoms with Crippen LogP contribution in [0.4, 0.5) is 0 Å². The Bertz CT molecular complexity index is 265. The zero-order chi connectivity index (χ0) is 11.7. The van der Waals surface area contributed by atoms with E-state index in [4.69, 9.17) is 10.5 Å². The summed E-state index contributed by atoms with van der Waals surface area (Å²) in [4.78, 5) is 12.3. The van der Waals surface area contributed by atoms with Gasteiger partial charge in [0.2, 0.25) is 0 Å². The number of methoxy groups -OCH3 is 1. The lowest BCUT2D eigenvalue weighted by molar-refractivity contribution is -0.128. The van der Waals surface area contributed by atoms with Crippen LogP contribution in [0.25, 0.3) is 0 Å². The normalized spacial score (nSPS) is 38.9. The molecule has 0 aromatic rings. The van der Waals surface area contributed by atoms with Crippen molar-refractivity contribution in [1.29, 1.82) is 0 Å². The predicted octanol–water partition coefficient (Wildman–Crippen LogP) is 1.60. The highest BCUT2D eigenvalue weighted by Crippen LogP contribution is 2.48. The number of hydrogen-bond acceptors (Lipinski definition) is 3. The van der Waals surface area contributed by atoms with E-state index < -0.39 is 0 Å². The molecule has 2 rings (SSSR count). The maximum absolute atomic E-state index is 12.3. The molecule has 0 spiro atoms. The summed E-state index contributed by atoms with van der Waals surface area (Å²) in [6, 6.07) is 0.135. The first-order valence-corrected chi connectivity index (χ1v) is 6.43. The van der Waals surface area contributed by atoms with E-state index in [0.717, 1.165) is 6.42 Å². The number of carbonyl (C=O) groups excluding carboxylic acids is 1. The lowest BCUT2D eigenvalue weighted by atomic mass is 9.78. The smallest absolute Gasteiger partial charge is 0.140 e. The monoisotopic (exact) mass is 225 g/mol. The lowest BCUT2D eigenvalue weighted by Crippen LogP contribution is -2.42. The van der Waals surface area contributed by atoms with Crippen molar-refractivity contribution < 1.29 is 9.53 Å². The molecule has 16 heavy (non-hydrogen) atoms. The summed E-state index contributed by atoms with van der Waals surface area (Å²) in [6.45, 7) is 2.68. The molecule has 5 unspecified atom stereocenters. The van der Waals surface area contributed by atoms with Gasteiger partial charge in [0.05, 0.1) is 0 Å². The van der Waals surface area contributed by atoms with Crippen LogP contribution in [0.15, 0.2) is 0 Å². The Morgan fingerprint density at radius 1 is 1.44 bits per heavy atom. The van der Waals surface area contributed by atoms with Crippen LogP contribution in [-0.4, -0.2) is 25.5 Å². The Hall–Kier alpha value is -0.410. The molecule has 2 fully saturated rings. The van der Waals surface area contributed by atoms with Crippen molar-refractivity contribution in [2.75, 3.05) is 13.7 Å². The number of rotatable bonds is 5. The summed E-state index contributed by atoms with van der Waals surface area (Å²) in [5.41, 5.74) is 6.18. The van der Waals surface area contributed by atoms with Gasteiger partial charge in [0.25, 0.3) is 0 Å². The van der Waals surface area contributed by atoms with Gasteiger partial charge in [-0.3, -0.25) is 4.79 Å². The van der Waals surface area contributed by atoms with E-state index in [0.29, 0.717) is 24.2 Å². The highest BCUT2D eigenvalue weighted by atomic mass is 16.5. The van der Waals surface area contributed by atoms with E-state index in [1.807, 2.05) is 6.92 Å². The van der Waals surface area contributed by atoms with Gasteiger partial charge in [-0.25, -0.2) is 0 Å². The van der Waals surface area contributed by atoms with Crippen LogP contribution in [0.2, 0.25) is 0 Å². The summed E-state index contributed by atoms with van der Waals surface area (Å²) in [6.07, 6.45) is 4.47. The average molecular weight is 225 g/mol. The second kappa shape index (κ2) is 4.84. The Morgan fingerprint density at radius 3 is 2.69 bits per heavy atom. The van der Waals surface area contributed by atoms with Crippen molar-refractivity contribution >= 4 is 5.78 Å². The molecule has 2 aliphatic rings. The molecular formula is C13H23NO2. The molecule has 3 heteroatoms. The summed E-state index contributed by atoms with van der Waals surface area (Å²) in [5.74, 6) is 1.84. The van der Waals surface area contributed by atoms with Crippen LogP contribution in [0.3, 0.4) is 0 Å². The number of carbonyl (C=O) groups is 1. The van der Waals surface area contributed by atoms with Crippen LogP contribution in [0.5, 0.6) is 0 Å². The van der Waals surface area contributed by atoms with Gasteiger partial charge in [-0.2, -0.15) is 0 Å². The fraction of sp³-hybridized carbons (Fsp3) is 0.923. The molecule has 0 aromatic carbocycles. The maximum Gasteiger partial charge on any atom is 0.140 e. The molecule has 0 amide bonds. The minimum atomic E-state index is 0.107. The van der Waals surface area contributed by atoms with E-state index in [2.05, 4.69) is 0 Å². The third kappa shape index (κ3) is 2.03. The summed E-state index contributed by atoms with van der Waals surface area (Å²) < 4.78 is 5.03. The SMILES string of the molecule is COCCC(C)C(=O)C1C2CCC(C2)C1N. The second-order valence-corrected chi connectivity index (χ2v) is 5.52. The molecule has 92 valence electrons. The van der Waals surface area contributed by atoms with Crippen LogP contribution in [-0.2, 0) is 9.53 Å². The summed E-state index contributed by atoms with van der Waals surface area (Å²) in [5, 5.41) is 0. The average Bonchev–Trinajstić information content (AvgIpc) is 2.85. The standard InChI is InChI=1S/C13H23NO2/c1-8(5-6-16-2)13(15)11-9-3-4-10(7-9)12(11)14/h8-12H,3-7,14H2,1-2H3. The van der Waals surface area contributed by atoms with E-state index in [1.165, 1.54) is 19.3 Å². The van der Waals surface area contributed by atoms with E-state index in [9.17, 15) is 4.79 Å². The molecule has 5 atom stereocenters. The zero-order valence-electron chi connectivity index (χ0n) is 10.3. The van der Waals surface area contributed by atoms with Crippen molar-refractivity contribution in [3.63, 3.8) is 0 Å². The molecule has 2 aliphatic carbocycles. The number of fused-ring (bicyclic) bond motifs is 2. The Balaban J connectivity index is 1.94. The van der Waals surface area contributed by atoms with Gasteiger partial charge in [-0.05, 0) is 37.5 Å². The Morgan fingerprint density at radius 2 is 2.12 bits per heavy atom. The fourth-order valence-corrected chi connectivity index (χ4v) is 3.52. The number of ether oxygens (including phenoxy) is 1. The van der Waals surface area contributed by atoms with E-state index >= 15 is 0 Å². The number of nitrogens with two attached hydrogens (primary N) is 1. The molecule has 0 aliphatic heterocycles. The Labute approximate surface area is 97.7 Å². The van der Waals surface area contributed by atoms with Crippen LogP contribution in [0.1, 0.15) is 32.6 Å². The zero-order valence-corrected chi connectivity index (χ0v) is 10.3. The number of ketones is 1. The van der Waals surface area contributed by atoms with Crippen molar-refractivity contribution in [3.05, 3.63) is 0 Å². The maximum atomic E-state index is 12.3. The molecule has 0 saturated heterocycles. The molecule has 2 N–H and O–H groups in total. The van der Waals surface area contributed by atoms with Gasteiger partial charge in [-0.1, -0.05) is 6.92 Å². The van der Waals surface area contributed by atoms with Crippen LogP contribution in [0, 0.1) is 23.7 Å². The van der Waals surface area contributed by atoms with Crippen molar-refractivity contribution in [2.24, 2.45) is 29.4 Å². The molecular weight excluding hydrogens is 202 g/mol. The highest BCUT2D eigenvalue weighted by Gasteiger charge is 2.49. The van der Waals surface area contributed by atoms with Gasteiger partial charge < -0.3 is 10.5 Å². The minimum absolute atomic E-state index is 0.107. The fourth-order valence-electron chi connectivity index (χ4n) is 3.52. The third-order valence-corrected chi connectivity index (χ3v) is 4.55. The summed E-state index contributed by atoms with van der Waals surface area (Å²) >= 11 is 0. The topological polar surface area (TPSA) is 52.3 Å². The molecule has 0 heterocycles. The molecule has 2 bridgehead atoms. The predicted molar refractivity (Wildman–Crippen MR) is 63.0 cm³/mol. The minimum Gasteiger partial charge on any atom is -0.385 e. The van der Waals surface area contributed by atoms with Crippen LogP contribution >= 0.6 is 0 Å². The van der Waals surface area contributed by atoms with E-state index in [1.54, 1.807) is 7.11 Å². The largest absolute Gasteiger partial charge is 0.385 e. The van der Waals surface area contributed by atoms with Crippen LogP contribution < -0.4 is 5.73 Å². The van der Waals surface area contributed by atoms with Gasteiger partial charge in [0.15, 0.2) is 0 Å². The molecule has 0 aromatic heterocycles. The van der Waals surface area contributed by atoms with Gasteiger partial charge in [-0.15, -0.1) is 0 Å². The van der Waals surface area contributed by atoms with Crippen molar-refractivity contribution in [3.8, 4) is 0 Å². The van der Waals surface area contributed by atoms with Gasteiger partial charge in [0.1, 0.15) is 5.78 Å². The van der Waals surface area contributed by atoms with Crippen molar-refractivity contribution in [2.45, 2.75) is 38.6 Å². The second-order valence-electron chi connectivity index (χ2n) is 5.52. The summed E-state index contributed by atoms with van der Waals surface area (Å²) in [7, 11) is 1.68. The molecule has 0 radical (unpaired) electrons. The highest BCUT2D eigenvalue weighted by molar-refractivity contribution is 5.84. The quantitative estimate of drug-likeness (QED) is 0.773. The Kier molecular flexibility index (Phi) is 3.65.